The van der Waals surface area contributed by atoms with E-state index in [4.69, 9.17) is 9.47 Å². The molecule has 226 valence electrons. The Morgan fingerprint density at radius 3 is 2.45 bits per heavy atom. The van der Waals surface area contributed by atoms with Crippen molar-refractivity contribution in [1.29, 1.82) is 0 Å². The number of nitrogens with one attached hydrogen (secondary N) is 1. The number of nitro groups is 1. The highest BCUT2D eigenvalue weighted by molar-refractivity contribution is 6.07. The number of nitro benzene ring substituents is 1. The van der Waals surface area contributed by atoms with Crippen molar-refractivity contribution in [3.63, 3.8) is 0 Å². The van der Waals surface area contributed by atoms with Crippen molar-refractivity contribution >= 4 is 35.3 Å². The van der Waals surface area contributed by atoms with Crippen molar-refractivity contribution in [1.82, 2.24) is 5.32 Å². The van der Waals surface area contributed by atoms with Gasteiger partial charge in [-0.15, -0.1) is 0 Å². The van der Waals surface area contributed by atoms with Crippen LogP contribution in [0, 0.1) is 16.0 Å². The van der Waals surface area contributed by atoms with Gasteiger partial charge in [-0.2, -0.15) is 0 Å². The van der Waals surface area contributed by atoms with Gasteiger partial charge in [-0.1, -0.05) is 60.7 Å². The number of hydrogen-bond acceptors (Lipinski definition) is 9. The molecular weight excluding hydrogens is 566 g/mol. The molecule has 2 unspecified atom stereocenters. The minimum absolute atomic E-state index is 0.0548. The number of ether oxygens (including phenoxy) is 2. The van der Waals surface area contributed by atoms with E-state index in [1.165, 1.54) is 30.3 Å². The first-order valence-corrected chi connectivity index (χ1v) is 13.8. The molecule has 44 heavy (non-hydrogen) atoms. The van der Waals surface area contributed by atoms with Crippen LogP contribution in [0.5, 0.6) is 5.75 Å². The normalized spacial score (nSPS) is 16.3. The van der Waals surface area contributed by atoms with Crippen LogP contribution in [0.1, 0.15) is 41.3 Å². The quantitative estimate of drug-likeness (QED) is 0.136. The number of esters is 2. The highest BCUT2D eigenvalue weighted by atomic mass is 16.6. The molecule has 3 aromatic rings. The molecular formula is C33H31N3O8. The molecule has 2 N–H and O–H groups in total. The van der Waals surface area contributed by atoms with Crippen molar-refractivity contribution in [2.24, 2.45) is 10.9 Å². The van der Waals surface area contributed by atoms with Gasteiger partial charge in [0, 0.05) is 29.5 Å². The highest BCUT2D eigenvalue weighted by Gasteiger charge is 2.42. The number of carbonyl (C=O) groups is 3. The second-order valence-corrected chi connectivity index (χ2v) is 9.91. The minimum Gasteiger partial charge on any atom is -0.507 e. The van der Waals surface area contributed by atoms with E-state index in [0.717, 1.165) is 5.56 Å². The van der Waals surface area contributed by atoms with Crippen LogP contribution in [-0.2, 0) is 19.1 Å². The van der Waals surface area contributed by atoms with Crippen molar-refractivity contribution in [3.05, 3.63) is 123 Å². The van der Waals surface area contributed by atoms with Crippen LogP contribution in [0.2, 0.25) is 0 Å². The van der Waals surface area contributed by atoms with E-state index in [1.54, 1.807) is 44.2 Å². The SMILES string of the molecule is CC1=NC(C)=C(C(=O)OC/C=C/c2ccccc2)C(c2cccc([N+](=O)[O-])c2)C1C(=O)OCCNC(=O)c1ccccc1O. The van der Waals surface area contributed by atoms with E-state index in [9.17, 15) is 29.6 Å². The van der Waals surface area contributed by atoms with Gasteiger partial charge < -0.3 is 19.9 Å². The van der Waals surface area contributed by atoms with Crippen LogP contribution >= 0.6 is 0 Å². The van der Waals surface area contributed by atoms with Gasteiger partial charge in [0.25, 0.3) is 11.6 Å². The van der Waals surface area contributed by atoms with E-state index in [2.05, 4.69) is 10.3 Å². The summed E-state index contributed by atoms with van der Waals surface area (Å²) in [6, 6.07) is 21.2. The second kappa shape index (κ2) is 14.5. The summed E-state index contributed by atoms with van der Waals surface area (Å²) in [7, 11) is 0. The third kappa shape index (κ3) is 7.62. The van der Waals surface area contributed by atoms with E-state index >= 15 is 0 Å². The molecule has 0 fully saturated rings. The number of hydrogen-bond donors (Lipinski definition) is 2. The molecule has 4 rings (SSSR count). The lowest BCUT2D eigenvalue weighted by Gasteiger charge is -2.31. The van der Waals surface area contributed by atoms with Gasteiger partial charge in [0.15, 0.2) is 0 Å². The number of phenols is 1. The molecule has 0 spiro atoms. The van der Waals surface area contributed by atoms with Crippen molar-refractivity contribution in [2.75, 3.05) is 19.8 Å². The Labute approximate surface area is 253 Å². The molecule has 11 nitrogen and oxygen atoms in total. The number of rotatable bonds is 11. The zero-order chi connectivity index (χ0) is 31.6. The fourth-order valence-corrected chi connectivity index (χ4v) is 4.92. The van der Waals surface area contributed by atoms with E-state index in [1.807, 2.05) is 30.3 Å². The molecule has 3 aromatic carbocycles. The van der Waals surface area contributed by atoms with Gasteiger partial charge in [-0.3, -0.25) is 24.7 Å². The Hall–Kier alpha value is -5.58. The fourth-order valence-electron chi connectivity index (χ4n) is 4.92. The van der Waals surface area contributed by atoms with Crippen LogP contribution < -0.4 is 5.32 Å². The summed E-state index contributed by atoms with van der Waals surface area (Å²) < 4.78 is 11.0. The number of aliphatic imine (C=N–C) groups is 1. The number of amides is 1. The summed E-state index contributed by atoms with van der Waals surface area (Å²) in [6.07, 6.45) is 3.48. The number of non-ortho nitro benzene ring substituents is 1. The first kappa shape index (κ1) is 31.4. The molecule has 0 saturated heterocycles. The number of aromatic hydroxyl groups is 1. The smallest absolute Gasteiger partial charge is 0.336 e. The molecule has 0 bridgehead atoms. The summed E-state index contributed by atoms with van der Waals surface area (Å²) in [5.74, 6) is -4.28. The molecule has 0 aromatic heterocycles. The summed E-state index contributed by atoms with van der Waals surface area (Å²) in [6.45, 7) is 2.91. The maximum atomic E-state index is 13.5. The lowest BCUT2D eigenvalue weighted by Crippen LogP contribution is -2.37. The van der Waals surface area contributed by atoms with Gasteiger partial charge in [0.1, 0.15) is 24.9 Å². The van der Waals surface area contributed by atoms with Crippen LogP contribution in [0.4, 0.5) is 5.69 Å². The molecule has 1 aliphatic heterocycles. The number of benzene rings is 3. The summed E-state index contributed by atoms with van der Waals surface area (Å²) in [5, 5.41) is 24.0. The average Bonchev–Trinajstić information content (AvgIpc) is 3.01. The lowest BCUT2D eigenvalue weighted by molar-refractivity contribution is -0.384. The number of carbonyl (C=O) groups excluding carboxylic acids is 3. The average molecular weight is 598 g/mol. The fraction of sp³-hybridized carbons (Fsp3) is 0.212. The standard InChI is InChI=1S/C33H31N3O8/c1-21-28(32(39)43-18-9-12-23-10-4-3-5-11-23)30(24-13-8-14-25(20-24)36(41)42)29(22(2)35-21)33(40)44-19-17-34-31(38)26-15-6-7-16-27(26)37/h3-16,20,29-30,37H,17-19H2,1-2H3,(H,34,38)/b12-9+. The molecule has 0 aliphatic carbocycles. The van der Waals surface area contributed by atoms with Crippen LogP contribution in [-0.4, -0.2) is 53.3 Å². The van der Waals surface area contributed by atoms with Crippen LogP contribution in [0.3, 0.4) is 0 Å². The van der Waals surface area contributed by atoms with Crippen molar-refractivity contribution in [2.45, 2.75) is 19.8 Å². The predicted molar refractivity (Wildman–Crippen MR) is 163 cm³/mol. The molecule has 2 atom stereocenters. The first-order valence-electron chi connectivity index (χ1n) is 13.8. The van der Waals surface area contributed by atoms with Crippen molar-refractivity contribution < 1.29 is 33.9 Å². The van der Waals surface area contributed by atoms with Gasteiger partial charge >= 0.3 is 11.9 Å². The Morgan fingerprint density at radius 2 is 1.73 bits per heavy atom. The van der Waals surface area contributed by atoms with Gasteiger partial charge in [0.05, 0.1) is 22.6 Å². The Bertz CT molecular complexity index is 1650. The maximum absolute atomic E-state index is 13.5. The second-order valence-electron chi connectivity index (χ2n) is 9.91. The number of phenolic OH excluding ortho intramolecular Hbond substituents is 1. The number of allylic oxidation sites excluding steroid dienone is 1. The third-order valence-electron chi connectivity index (χ3n) is 6.94. The Morgan fingerprint density at radius 1 is 1.00 bits per heavy atom. The van der Waals surface area contributed by atoms with E-state index < -0.39 is 34.6 Å². The first-order chi connectivity index (χ1) is 21.2. The minimum atomic E-state index is -1.10. The molecule has 1 heterocycles. The summed E-state index contributed by atoms with van der Waals surface area (Å²) in [5.41, 5.74) is 1.87. The van der Waals surface area contributed by atoms with E-state index in [-0.39, 0.29) is 42.3 Å². The van der Waals surface area contributed by atoms with Gasteiger partial charge in [0.2, 0.25) is 0 Å². The van der Waals surface area contributed by atoms with Gasteiger partial charge in [-0.25, -0.2) is 4.79 Å². The summed E-state index contributed by atoms with van der Waals surface area (Å²) >= 11 is 0. The molecule has 0 radical (unpaired) electrons. The third-order valence-corrected chi connectivity index (χ3v) is 6.94. The Kier molecular flexibility index (Phi) is 10.4. The summed E-state index contributed by atoms with van der Waals surface area (Å²) in [4.78, 5) is 54.8. The highest BCUT2D eigenvalue weighted by Crippen LogP contribution is 2.41. The maximum Gasteiger partial charge on any atom is 0.336 e. The zero-order valence-electron chi connectivity index (χ0n) is 24.1. The lowest BCUT2D eigenvalue weighted by atomic mass is 9.75. The largest absolute Gasteiger partial charge is 0.507 e. The Balaban J connectivity index is 1.53. The molecule has 11 heteroatoms. The number of nitrogens with zero attached hydrogens (tertiary/aromatic N) is 2. The van der Waals surface area contributed by atoms with Gasteiger partial charge in [-0.05, 0) is 43.2 Å². The van der Waals surface area contributed by atoms with Crippen LogP contribution in [0.15, 0.2) is 101 Å². The molecule has 1 aliphatic rings. The number of para-hydroxylation sites is 1. The monoisotopic (exact) mass is 597 g/mol. The topological polar surface area (TPSA) is 157 Å². The molecule has 0 saturated carbocycles. The predicted octanol–water partition coefficient (Wildman–Crippen LogP) is 4.98. The van der Waals surface area contributed by atoms with Crippen LogP contribution in [0.25, 0.3) is 6.08 Å². The van der Waals surface area contributed by atoms with Crippen molar-refractivity contribution in [3.8, 4) is 5.75 Å². The molecule has 1 amide bonds. The van der Waals surface area contributed by atoms with E-state index in [0.29, 0.717) is 17.0 Å². The zero-order valence-corrected chi connectivity index (χ0v) is 24.1.